The van der Waals surface area contributed by atoms with Crippen molar-refractivity contribution in [3.8, 4) is 0 Å². The van der Waals surface area contributed by atoms with Gasteiger partial charge in [-0.2, -0.15) is 0 Å². The Balaban J connectivity index is 0. The van der Waals surface area contributed by atoms with Crippen LogP contribution in [-0.2, 0) is 4.74 Å². The highest BCUT2D eigenvalue weighted by atomic mass is 16.6. The van der Waals surface area contributed by atoms with Gasteiger partial charge in [0.05, 0.1) is 0 Å². The number of primary amides is 2. The molecule has 5 N–H and O–H groups in total. The quantitative estimate of drug-likeness (QED) is 0.500. The Morgan fingerprint density at radius 1 is 1.25 bits per heavy atom. The smallest absolute Gasteiger partial charge is 0.405 e. The lowest BCUT2D eigenvalue weighted by molar-refractivity contribution is 0.0600. The van der Waals surface area contributed by atoms with Crippen LogP contribution in [0.3, 0.4) is 0 Å². The summed E-state index contributed by atoms with van der Waals surface area (Å²) in [5.74, 6) is 0. The van der Waals surface area contributed by atoms with Crippen LogP contribution in [0.25, 0.3) is 0 Å². The lowest BCUT2D eigenvalue weighted by Gasteiger charge is -2.16. The van der Waals surface area contributed by atoms with Crippen molar-refractivity contribution in [3.05, 3.63) is 0 Å². The fourth-order valence-corrected chi connectivity index (χ4v) is 0.302. The van der Waals surface area contributed by atoms with E-state index in [-0.39, 0.29) is 0 Å². The Hall–Kier alpha value is -1.46. The van der Waals surface area contributed by atoms with Crippen LogP contribution in [0.1, 0.15) is 20.8 Å². The van der Waals surface area contributed by atoms with Crippen LogP contribution in [0, 0.1) is 0 Å². The third-order valence-corrected chi connectivity index (χ3v) is 0.407. The molecule has 0 spiro atoms. The Bertz CT molecular complexity index is 157. The van der Waals surface area contributed by atoms with E-state index in [1.165, 1.54) is 0 Å². The summed E-state index contributed by atoms with van der Waals surface area (Å²) in [4.78, 5) is 18.8. The van der Waals surface area contributed by atoms with Crippen molar-refractivity contribution in [3.63, 3.8) is 0 Å². The van der Waals surface area contributed by atoms with Crippen LogP contribution >= 0.6 is 0 Å². The highest BCUT2D eigenvalue weighted by Gasteiger charge is 2.12. The Kier molecular flexibility index (Phi) is 5.73. The highest BCUT2D eigenvalue weighted by molar-refractivity contribution is 5.65. The second-order valence-electron chi connectivity index (χ2n) is 2.87. The minimum Gasteiger partial charge on any atom is -0.465 e. The van der Waals surface area contributed by atoms with Gasteiger partial charge in [-0.1, -0.05) is 0 Å². The molecule has 0 aromatic heterocycles. The van der Waals surface area contributed by atoms with Crippen LogP contribution in [-0.4, -0.2) is 22.9 Å². The number of hydrogen-bond acceptors (Lipinski definition) is 3. The van der Waals surface area contributed by atoms with Crippen LogP contribution in [0.4, 0.5) is 9.59 Å². The first-order chi connectivity index (χ1) is 5.15. The van der Waals surface area contributed by atoms with Gasteiger partial charge in [-0.15, -0.1) is 0 Å². The molecule has 0 saturated heterocycles. The van der Waals surface area contributed by atoms with Gasteiger partial charge in [-0.05, 0) is 20.8 Å². The molecule has 0 aromatic rings. The van der Waals surface area contributed by atoms with Gasteiger partial charge in [0.25, 0.3) is 0 Å². The van der Waals surface area contributed by atoms with E-state index in [2.05, 4.69) is 10.5 Å². The fourth-order valence-electron chi connectivity index (χ4n) is 0.302. The molecule has 0 saturated carbocycles. The standard InChI is InChI=1S/C5H11NO2.CH3NO2/c1-5(2,3)8-4(6)7;2-1(3)4/h1-3H3,(H2,6,7);2H2,(H,3,4). The number of amides is 2. The summed E-state index contributed by atoms with van der Waals surface area (Å²) in [7, 11) is 0. The van der Waals surface area contributed by atoms with E-state index < -0.39 is 17.8 Å². The predicted octanol–water partition coefficient (Wildman–Crippen LogP) is 0.503. The molecule has 0 aliphatic carbocycles. The van der Waals surface area contributed by atoms with Crippen molar-refractivity contribution in [1.29, 1.82) is 0 Å². The zero-order chi connectivity index (χ0) is 10.4. The van der Waals surface area contributed by atoms with Crippen molar-refractivity contribution in [2.45, 2.75) is 26.4 Å². The number of rotatable bonds is 0. The van der Waals surface area contributed by atoms with Crippen molar-refractivity contribution >= 4 is 12.2 Å². The Morgan fingerprint density at radius 3 is 1.50 bits per heavy atom. The zero-order valence-corrected chi connectivity index (χ0v) is 7.33. The maximum atomic E-state index is 10.0. The average molecular weight is 178 g/mol. The van der Waals surface area contributed by atoms with Gasteiger partial charge < -0.3 is 21.3 Å². The normalized spacial score (nSPS) is 9.25. The maximum absolute atomic E-state index is 10.0. The van der Waals surface area contributed by atoms with E-state index in [4.69, 9.17) is 15.6 Å². The van der Waals surface area contributed by atoms with Gasteiger partial charge in [0.15, 0.2) is 0 Å². The van der Waals surface area contributed by atoms with Crippen LogP contribution in [0.2, 0.25) is 0 Å². The summed E-state index contributed by atoms with van der Waals surface area (Å²) >= 11 is 0. The SMILES string of the molecule is CC(C)(C)OC(N)=O.NC(=O)O. The molecule has 0 aromatic carbocycles. The van der Waals surface area contributed by atoms with Gasteiger partial charge in [0.1, 0.15) is 5.60 Å². The number of nitrogens with two attached hydrogens (primary N) is 2. The van der Waals surface area contributed by atoms with E-state index in [0.717, 1.165) is 0 Å². The van der Waals surface area contributed by atoms with Crippen molar-refractivity contribution < 1.29 is 19.4 Å². The number of hydrogen-bond donors (Lipinski definition) is 3. The van der Waals surface area contributed by atoms with E-state index >= 15 is 0 Å². The number of carboxylic acid groups (broad SMARTS) is 1. The minimum atomic E-state index is -1.33. The van der Waals surface area contributed by atoms with Gasteiger partial charge >= 0.3 is 12.2 Å². The molecule has 0 atom stereocenters. The van der Waals surface area contributed by atoms with Gasteiger partial charge in [0, 0.05) is 0 Å². The third kappa shape index (κ3) is 38.7. The molecule has 0 unspecified atom stereocenters. The summed E-state index contributed by atoms with van der Waals surface area (Å²) in [5, 5.41) is 7.19. The summed E-state index contributed by atoms with van der Waals surface area (Å²) in [5.41, 5.74) is 8.29. The van der Waals surface area contributed by atoms with Crippen LogP contribution < -0.4 is 11.5 Å². The molecule has 6 nitrogen and oxygen atoms in total. The molecule has 6 heteroatoms. The van der Waals surface area contributed by atoms with E-state index in [1.807, 2.05) is 0 Å². The maximum Gasteiger partial charge on any atom is 0.405 e. The molecular weight excluding hydrogens is 164 g/mol. The molecule has 0 heterocycles. The second kappa shape index (κ2) is 5.22. The van der Waals surface area contributed by atoms with Crippen LogP contribution in [0.5, 0.6) is 0 Å². The molecule has 72 valence electrons. The summed E-state index contributed by atoms with van der Waals surface area (Å²) in [6.07, 6.45) is -2.06. The predicted molar refractivity (Wildman–Crippen MR) is 42.6 cm³/mol. The highest BCUT2D eigenvalue weighted by Crippen LogP contribution is 2.04. The van der Waals surface area contributed by atoms with Crippen molar-refractivity contribution in [2.24, 2.45) is 11.5 Å². The number of carbonyl (C=O) groups excluding carboxylic acids is 1. The average Bonchev–Trinajstić information content (AvgIpc) is 1.52. The topological polar surface area (TPSA) is 116 Å². The molecule has 0 bridgehead atoms. The van der Waals surface area contributed by atoms with E-state index in [9.17, 15) is 4.79 Å². The minimum absolute atomic E-state index is 0.453. The summed E-state index contributed by atoms with van der Waals surface area (Å²) in [6, 6.07) is 0. The molecule has 0 fully saturated rings. The third-order valence-electron chi connectivity index (χ3n) is 0.407. The molecule has 12 heavy (non-hydrogen) atoms. The first-order valence-electron chi connectivity index (χ1n) is 3.12. The van der Waals surface area contributed by atoms with Gasteiger partial charge in [0.2, 0.25) is 0 Å². The molecule has 0 rings (SSSR count). The first kappa shape index (κ1) is 13.2. The van der Waals surface area contributed by atoms with Crippen molar-refractivity contribution in [1.82, 2.24) is 0 Å². The largest absolute Gasteiger partial charge is 0.465 e. The summed E-state index contributed by atoms with van der Waals surface area (Å²) < 4.78 is 4.58. The van der Waals surface area contributed by atoms with Crippen LogP contribution in [0.15, 0.2) is 0 Å². The fraction of sp³-hybridized carbons (Fsp3) is 0.667. The zero-order valence-electron chi connectivity index (χ0n) is 7.33. The number of carbonyl (C=O) groups is 2. The lowest BCUT2D eigenvalue weighted by atomic mass is 10.2. The lowest BCUT2D eigenvalue weighted by Crippen LogP contribution is -2.27. The second-order valence-corrected chi connectivity index (χ2v) is 2.87. The Morgan fingerprint density at radius 2 is 1.50 bits per heavy atom. The number of ether oxygens (including phenoxy) is 1. The Labute approximate surface area is 70.5 Å². The van der Waals surface area contributed by atoms with E-state index in [1.54, 1.807) is 20.8 Å². The van der Waals surface area contributed by atoms with Gasteiger partial charge in [-0.3, -0.25) is 0 Å². The molecule has 2 amide bonds. The summed E-state index contributed by atoms with van der Waals surface area (Å²) in [6.45, 7) is 5.28. The van der Waals surface area contributed by atoms with Crippen molar-refractivity contribution in [2.75, 3.05) is 0 Å². The monoisotopic (exact) mass is 178 g/mol. The van der Waals surface area contributed by atoms with E-state index in [0.29, 0.717) is 0 Å². The molecular formula is C6H14N2O4. The molecule has 0 aliphatic heterocycles. The molecule has 0 aliphatic rings. The van der Waals surface area contributed by atoms with Gasteiger partial charge in [-0.25, -0.2) is 9.59 Å². The molecule has 0 radical (unpaired) electrons. The first-order valence-corrected chi connectivity index (χ1v) is 3.12.